The van der Waals surface area contributed by atoms with Crippen LogP contribution in [0, 0.1) is 5.82 Å². The smallest absolute Gasteiger partial charge is 0.338 e. The van der Waals surface area contributed by atoms with E-state index in [0.29, 0.717) is 10.8 Å². The molecule has 154 valence electrons. The average molecular weight is 410 g/mol. The maximum atomic E-state index is 14.9. The number of nitrogens with one attached hydrogen (secondary N) is 1. The number of H-pyrrole nitrogens is 1. The Hall–Kier alpha value is -3.34. The van der Waals surface area contributed by atoms with E-state index in [1.807, 2.05) is 0 Å². The molecule has 2 aromatic rings. The van der Waals surface area contributed by atoms with Gasteiger partial charge in [0, 0.05) is 6.92 Å². The van der Waals surface area contributed by atoms with Gasteiger partial charge >= 0.3 is 17.6 Å². The molecular formula is C18H16F2N2O7. The first kappa shape index (κ1) is 20.4. The molecule has 0 amide bonds. The van der Waals surface area contributed by atoms with Crippen molar-refractivity contribution in [3.8, 4) is 0 Å². The molecule has 0 radical (unpaired) electrons. The van der Waals surface area contributed by atoms with Crippen LogP contribution >= 0.6 is 0 Å². The van der Waals surface area contributed by atoms with Crippen molar-refractivity contribution in [1.82, 2.24) is 9.55 Å². The highest BCUT2D eigenvalue weighted by Crippen LogP contribution is 2.33. The van der Waals surface area contributed by atoms with Crippen LogP contribution in [-0.4, -0.2) is 46.5 Å². The fourth-order valence-electron chi connectivity index (χ4n) is 2.85. The number of alkyl halides is 1. The van der Waals surface area contributed by atoms with Crippen LogP contribution in [0.15, 0.2) is 46.1 Å². The molecule has 0 saturated carbocycles. The van der Waals surface area contributed by atoms with Crippen LogP contribution in [-0.2, 0) is 19.0 Å². The van der Waals surface area contributed by atoms with Crippen molar-refractivity contribution < 1.29 is 32.6 Å². The number of hydrogen-bond donors (Lipinski definition) is 1. The van der Waals surface area contributed by atoms with Crippen molar-refractivity contribution in [3.05, 3.63) is 68.7 Å². The first-order valence-electron chi connectivity index (χ1n) is 8.48. The summed E-state index contributed by atoms with van der Waals surface area (Å²) in [6.07, 6.45) is -6.11. The molecule has 9 nitrogen and oxygen atoms in total. The van der Waals surface area contributed by atoms with Crippen LogP contribution in [0.4, 0.5) is 8.78 Å². The van der Waals surface area contributed by atoms with Gasteiger partial charge in [-0.2, -0.15) is 4.39 Å². The van der Waals surface area contributed by atoms with E-state index in [9.17, 15) is 28.0 Å². The summed E-state index contributed by atoms with van der Waals surface area (Å²) in [6.45, 7) is 0.544. The first-order chi connectivity index (χ1) is 13.8. The topological polar surface area (TPSA) is 117 Å². The Bertz CT molecular complexity index is 1020. The lowest BCUT2D eigenvalue weighted by molar-refractivity contribution is -0.152. The van der Waals surface area contributed by atoms with Gasteiger partial charge < -0.3 is 14.2 Å². The fourth-order valence-corrected chi connectivity index (χ4v) is 2.85. The standard InChI is InChI=1S/C18H16F2N2O7/c1-9(23)28-14-12(8-27-17(25)10-5-3-2-4-6-10)29-16(13(14)20)22-7-11(19)15(24)21-18(22)26/h2-7,12-14,16H,8H2,1H3,(H,21,24,26)/t12-,13-,14-,16-/m1/s1. The minimum Gasteiger partial charge on any atom is -0.459 e. The second-order valence-corrected chi connectivity index (χ2v) is 6.19. The Morgan fingerprint density at radius 2 is 1.93 bits per heavy atom. The molecule has 0 aliphatic carbocycles. The number of carbonyl (C=O) groups excluding carboxylic acids is 2. The molecule has 1 fully saturated rings. The molecule has 1 aromatic carbocycles. The van der Waals surface area contributed by atoms with Crippen molar-refractivity contribution in [3.63, 3.8) is 0 Å². The molecule has 2 heterocycles. The summed E-state index contributed by atoms with van der Waals surface area (Å²) in [5.41, 5.74) is -2.15. The van der Waals surface area contributed by atoms with Crippen LogP contribution < -0.4 is 11.2 Å². The third-order valence-electron chi connectivity index (χ3n) is 4.16. The van der Waals surface area contributed by atoms with Gasteiger partial charge in [0.1, 0.15) is 12.7 Å². The summed E-state index contributed by atoms with van der Waals surface area (Å²) < 4.78 is 44.3. The van der Waals surface area contributed by atoms with Gasteiger partial charge in [-0.1, -0.05) is 18.2 Å². The van der Waals surface area contributed by atoms with Gasteiger partial charge in [-0.05, 0) is 12.1 Å². The highest BCUT2D eigenvalue weighted by Gasteiger charge is 2.49. The fraction of sp³-hybridized carbons (Fsp3) is 0.333. The van der Waals surface area contributed by atoms with E-state index in [-0.39, 0.29) is 5.56 Å². The third kappa shape index (κ3) is 4.40. The van der Waals surface area contributed by atoms with E-state index in [2.05, 4.69) is 0 Å². The van der Waals surface area contributed by atoms with Crippen LogP contribution in [0.3, 0.4) is 0 Å². The Kier molecular flexibility index (Phi) is 5.87. The quantitative estimate of drug-likeness (QED) is 0.721. The van der Waals surface area contributed by atoms with E-state index in [0.717, 1.165) is 6.92 Å². The molecule has 11 heteroatoms. The minimum atomic E-state index is -2.10. The molecule has 29 heavy (non-hydrogen) atoms. The maximum Gasteiger partial charge on any atom is 0.338 e. The summed E-state index contributed by atoms with van der Waals surface area (Å²) in [5, 5.41) is 0. The van der Waals surface area contributed by atoms with Crippen LogP contribution in [0.2, 0.25) is 0 Å². The Morgan fingerprint density at radius 1 is 1.24 bits per heavy atom. The summed E-state index contributed by atoms with van der Waals surface area (Å²) >= 11 is 0. The Labute approximate surface area is 161 Å². The third-order valence-corrected chi connectivity index (χ3v) is 4.16. The zero-order valence-corrected chi connectivity index (χ0v) is 15.0. The van der Waals surface area contributed by atoms with Gasteiger partial charge in [0.05, 0.1) is 11.8 Å². The van der Waals surface area contributed by atoms with Gasteiger partial charge in [-0.15, -0.1) is 0 Å². The number of carbonyl (C=O) groups is 2. The van der Waals surface area contributed by atoms with Gasteiger partial charge in [0.2, 0.25) is 5.82 Å². The van der Waals surface area contributed by atoms with Crippen molar-refractivity contribution in [1.29, 1.82) is 0 Å². The number of benzene rings is 1. The number of esters is 2. The number of aromatic amines is 1. The molecule has 0 bridgehead atoms. The molecule has 1 saturated heterocycles. The summed E-state index contributed by atoms with van der Waals surface area (Å²) in [6, 6.07) is 7.95. The monoisotopic (exact) mass is 410 g/mol. The highest BCUT2D eigenvalue weighted by atomic mass is 19.1. The SMILES string of the molecule is CC(=O)O[C@H]1[C@@H](F)[C@H](n2cc(F)c(=O)[nH]c2=O)O[C@@H]1COC(=O)c1ccccc1. The van der Waals surface area contributed by atoms with Crippen LogP contribution in [0.25, 0.3) is 0 Å². The first-order valence-corrected chi connectivity index (χ1v) is 8.48. The molecule has 1 aliphatic rings. The Balaban J connectivity index is 1.81. The van der Waals surface area contributed by atoms with Crippen molar-refractivity contribution in [2.75, 3.05) is 6.61 Å². The largest absolute Gasteiger partial charge is 0.459 e. The number of aromatic nitrogens is 2. The second-order valence-electron chi connectivity index (χ2n) is 6.19. The maximum absolute atomic E-state index is 14.9. The zero-order chi connectivity index (χ0) is 21.1. The van der Waals surface area contributed by atoms with Gasteiger partial charge in [0.25, 0.3) is 5.56 Å². The van der Waals surface area contributed by atoms with E-state index in [1.165, 1.54) is 12.1 Å². The molecule has 4 atom stereocenters. The number of hydrogen-bond acceptors (Lipinski definition) is 7. The van der Waals surface area contributed by atoms with E-state index < -0.39 is 60.2 Å². The van der Waals surface area contributed by atoms with Gasteiger partial charge in [-0.3, -0.25) is 19.1 Å². The van der Waals surface area contributed by atoms with Crippen LogP contribution in [0.1, 0.15) is 23.5 Å². The summed E-state index contributed by atoms with van der Waals surface area (Å²) in [4.78, 5) is 48.2. The van der Waals surface area contributed by atoms with Crippen molar-refractivity contribution in [2.45, 2.75) is 31.5 Å². The van der Waals surface area contributed by atoms with Gasteiger partial charge in [0.15, 0.2) is 18.5 Å². The van der Waals surface area contributed by atoms with Crippen LogP contribution in [0.5, 0.6) is 0 Å². The molecule has 3 rings (SSSR count). The van der Waals surface area contributed by atoms with E-state index in [1.54, 1.807) is 23.2 Å². The number of halogens is 2. The number of ether oxygens (including phenoxy) is 3. The zero-order valence-electron chi connectivity index (χ0n) is 15.0. The average Bonchev–Trinajstić information content (AvgIpc) is 2.98. The summed E-state index contributed by atoms with van der Waals surface area (Å²) in [5.74, 6) is -2.88. The summed E-state index contributed by atoms with van der Waals surface area (Å²) in [7, 11) is 0. The number of rotatable bonds is 5. The number of nitrogens with zero attached hydrogens (tertiary/aromatic N) is 1. The molecule has 1 N–H and O–H groups in total. The lowest BCUT2D eigenvalue weighted by Crippen LogP contribution is -2.38. The molecule has 1 aliphatic heterocycles. The molecule has 1 aromatic heterocycles. The molecule has 0 unspecified atom stereocenters. The van der Waals surface area contributed by atoms with Crippen molar-refractivity contribution >= 4 is 11.9 Å². The molecular weight excluding hydrogens is 394 g/mol. The normalized spacial score (nSPS) is 23.6. The van der Waals surface area contributed by atoms with E-state index in [4.69, 9.17) is 14.2 Å². The molecule has 0 spiro atoms. The Morgan fingerprint density at radius 3 is 2.59 bits per heavy atom. The second kappa shape index (κ2) is 8.35. The lowest BCUT2D eigenvalue weighted by Gasteiger charge is -2.18. The van der Waals surface area contributed by atoms with E-state index >= 15 is 0 Å². The predicted molar refractivity (Wildman–Crippen MR) is 92.4 cm³/mol. The minimum absolute atomic E-state index is 0.238. The van der Waals surface area contributed by atoms with Crippen molar-refractivity contribution in [2.24, 2.45) is 0 Å². The van der Waals surface area contributed by atoms with Gasteiger partial charge in [-0.25, -0.2) is 14.0 Å². The highest BCUT2D eigenvalue weighted by molar-refractivity contribution is 5.89. The lowest BCUT2D eigenvalue weighted by atomic mass is 10.1. The predicted octanol–water partition coefficient (Wildman–Crippen LogP) is 0.700.